The molecule has 1 aromatic carbocycles. The molecule has 2 N–H and O–H groups in total. The molecule has 0 radical (unpaired) electrons. The Balaban J connectivity index is 1.75. The van der Waals surface area contributed by atoms with Crippen molar-refractivity contribution in [3.05, 3.63) is 51.7 Å². The number of hydrogen-bond acceptors (Lipinski definition) is 3. The first-order chi connectivity index (χ1) is 8.83. The molecular weight excluding hydrogens is 242 g/mol. The van der Waals surface area contributed by atoms with Crippen LogP contribution in [0.1, 0.15) is 35.6 Å². The van der Waals surface area contributed by atoms with Crippen molar-refractivity contribution in [2.75, 3.05) is 0 Å². The summed E-state index contributed by atoms with van der Waals surface area (Å²) in [6.07, 6.45) is 3.43. The highest BCUT2D eigenvalue weighted by molar-refractivity contribution is 7.07. The highest BCUT2D eigenvalue weighted by atomic mass is 32.1. The van der Waals surface area contributed by atoms with Crippen molar-refractivity contribution in [1.29, 1.82) is 0 Å². The van der Waals surface area contributed by atoms with E-state index < -0.39 is 0 Å². The smallest absolute Gasteiger partial charge is 0.120 e. The van der Waals surface area contributed by atoms with Crippen LogP contribution in [0.5, 0.6) is 5.75 Å². The van der Waals surface area contributed by atoms with Crippen LogP contribution in [-0.4, -0.2) is 0 Å². The van der Waals surface area contributed by atoms with E-state index in [1.54, 1.807) is 11.3 Å². The van der Waals surface area contributed by atoms with E-state index in [0.717, 1.165) is 18.6 Å². The van der Waals surface area contributed by atoms with Gasteiger partial charge in [-0.05, 0) is 64.9 Å². The molecular formula is C15H17NOS. The Hall–Kier alpha value is -1.32. The van der Waals surface area contributed by atoms with Gasteiger partial charge in [0, 0.05) is 6.04 Å². The number of hydrogen-bond donors (Lipinski definition) is 1. The lowest BCUT2D eigenvalue weighted by Gasteiger charge is -2.22. The lowest BCUT2D eigenvalue weighted by atomic mass is 9.88. The Morgan fingerprint density at radius 3 is 3.11 bits per heavy atom. The van der Waals surface area contributed by atoms with Crippen LogP contribution >= 0.6 is 11.3 Å². The summed E-state index contributed by atoms with van der Waals surface area (Å²) < 4.78 is 5.82. The molecule has 3 heteroatoms. The molecule has 0 aliphatic heterocycles. The molecule has 0 unspecified atom stereocenters. The van der Waals surface area contributed by atoms with Crippen molar-refractivity contribution in [2.24, 2.45) is 5.73 Å². The maximum Gasteiger partial charge on any atom is 0.120 e. The molecule has 0 amide bonds. The van der Waals surface area contributed by atoms with Gasteiger partial charge in [-0.1, -0.05) is 6.07 Å². The lowest BCUT2D eigenvalue weighted by Crippen LogP contribution is -2.17. The van der Waals surface area contributed by atoms with E-state index in [1.165, 1.54) is 23.1 Å². The van der Waals surface area contributed by atoms with Gasteiger partial charge in [-0.25, -0.2) is 0 Å². The minimum atomic E-state index is 0.179. The van der Waals surface area contributed by atoms with Gasteiger partial charge in [-0.15, -0.1) is 0 Å². The first-order valence-electron chi connectivity index (χ1n) is 6.35. The summed E-state index contributed by atoms with van der Waals surface area (Å²) in [7, 11) is 0. The minimum absolute atomic E-state index is 0.179. The molecule has 1 aliphatic carbocycles. The molecule has 2 aromatic rings. The van der Waals surface area contributed by atoms with E-state index >= 15 is 0 Å². The predicted molar refractivity (Wildman–Crippen MR) is 75.0 cm³/mol. The zero-order valence-corrected chi connectivity index (χ0v) is 11.1. The average molecular weight is 259 g/mol. The number of aryl methyl sites for hydroxylation is 1. The molecule has 1 aliphatic rings. The van der Waals surface area contributed by atoms with E-state index in [9.17, 15) is 0 Å². The molecule has 0 bridgehead atoms. The van der Waals surface area contributed by atoms with Crippen LogP contribution in [0.3, 0.4) is 0 Å². The summed E-state index contributed by atoms with van der Waals surface area (Å²) in [5.41, 5.74) is 10.0. The van der Waals surface area contributed by atoms with E-state index in [0.29, 0.717) is 6.61 Å². The molecule has 1 atom stereocenters. The molecule has 3 rings (SSSR count). The fourth-order valence-corrected chi connectivity index (χ4v) is 3.10. The molecule has 0 saturated carbocycles. The standard InChI is InChI=1S/C15H17NOS/c16-15-3-1-2-12-4-5-13(8-14(12)15)17-9-11-6-7-18-10-11/h4-8,10,15H,1-3,9,16H2/t15-/m0/s1. The van der Waals surface area contributed by atoms with Gasteiger partial charge in [-0.3, -0.25) is 0 Å². The average Bonchev–Trinajstić information content (AvgIpc) is 2.90. The van der Waals surface area contributed by atoms with Gasteiger partial charge in [0.05, 0.1) is 0 Å². The number of benzene rings is 1. The maximum absolute atomic E-state index is 6.15. The minimum Gasteiger partial charge on any atom is -0.489 e. The number of nitrogens with two attached hydrogens (primary N) is 1. The SMILES string of the molecule is N[C@H]1CCCc2ccc(OCc3ccsc3)cc21. The molecule has 1 aromatic heterocycles. The van der Waals surface area contributed by atoms with Gasteiger partial charge in [-0.2, -0.15) is 11.3 Å². The van der Waals surface area contributed by atoms with E-state index in [4.69, 9.17) is 10.5 Å². The Bertz CT molecular complexity index is 521. The lowest BCUT2D eigenvalue weighted by molar-refractivity contribution is 0.306. The van der Waals surface area contributed by atoms with Crippen molar-refractivity contribution in [1.82, 2.24) is 0 Å². The van der Waals surface area contributed by atoms with Crippen LogP contribution in [0.25, 0.3) is 0 Å². The summed E-state index contributed by atoms with van der Waals surface area (Å²) >= 11 is 1.70. The largest absolute Gasteiger partial charge is 0.489 e. The van der Waals surface area contributed by atoms with Crippen molar-refractivity contribution in [3.8, 4) is 5.75 Å². The monoisotopic (exact) mass is 259 g/mol. The van der Waals surface area contributed by atoms with E-state index in [2.05, 4.69) is 35.0 Å². The molecule has 18 heavy (non-hydrogen) atoms. The molecule has 0 saturated heterocycles. The third kappa shape index (κ3) is 2.42. The van der Waals surface area contributed by atoms with Gasteiger partial charge in [0.1, 0.15) is 12.4 Å². The molecule has 1 heterocycles. The Kier molecular flexibility index (Phi) is 3.35. The Labute approximate surface area is 111 Å². The Morgan fingerprint density at radius 2 is 2.28 bits per heavy atom. The fraction of sp³-hybridized carbons (Fsp3) is 0.333. The molecule has 2 nitrogen and oxygen atoms in total. The zero-order valence-electron chi connectivity index (χ0n) is 10.3. The van der Waals surface area contributed by atoms with Crippen LogP contribution < -0.4 is 10.5 Å². The fourth-order valence-electron chi connectivity index (χ4n) is 2.45. The number of thiophene rings is 1. The highest BCUT2D eigenvalue weighted by Gasteiger charge is 2.17. The van der Waals surface area contributed by atoms with E-state index in [-0.39, 0.29) is 6.04 Å². The summed E-state index contributed by atoms with van der Waals surface area (Å²) in [5, 5.41) is 4.19. The summed E-state index contributed by atoms with van der Waals surface area (Å²) in [4.78, 5) is 0. The second-order valence-electron chi connectivity index (χ2n) is 4.78. The highest BCUT2D eigenvalue weighted by Crippen LogP contribution is 2.31. The van der Waals surface area contributed by atoms with Crippen molar-refractivity contribution in [2.45, 2.75) is 31.9 Å². The normalized spacial score (nSPS) is 18.4. The summed E-state index contributed by atoms with van der Waals surface area (Å²) in [5.74, 6) is 0.928. The molecule has 94 valence electrons. The van der Waals surface area contributed by atoms with Crippen molar-refractivity contribution < 1.29 is 4.74 Å². The topological polar surface area (TPSA) is 35.2 Å². The van der Waals surface area contributed by atoms with Gasteiger partial charge < -0.3 is 10.5 Å². The molecule has 0 fully saturated rings. The van der Waals surface area contributed by atoms with Crippen molar-refractivity contribution in [3.63, 3.8) is 0 Å². The van der Waals surface area contributed by atoms with Crippen LogP contribution in [-0.2, 0) is 13.0 Å². The van der Waals surface area contributed by atoms with Gasteiger partial charge in [0.2, 0.25) is 0 Å². The summed E-state index contributed by atoms with van der Waals surface area (Å²) in [6.45, 7) is 0.636. The van der Waals surface area contributed by atoms with E-state index in [1.807, 2.05) is 0 Å². The van der Waals surface area contributed by atoms with Crippen molar-refractivity contribution >= 4 is 11.3 Å². The maximum atomic E-state index is 6.15. The third-order valence-corrected chi connectivity index (χ3v) is 4.20. The van der Waals surface area contributed by atoms with Crippen LogP contribution in [0.2, 0.25) is 0 Å². The second kappa shape index (κ2) is 5.12. The van der Waals surface area contributed by atoms with Gasteiger partial charge in [0.15, 0.2) is 0 Å². The zero-order chi connectivity index (χ0) is 12.4. The number of rotatable bonds is 3. The third-order valence-electron chi connectivity index (χ3n) is 3.46. The van der Waals surface area contributed by atoms with Gasteiger partial charge >= 0.3 is 0 Å². The molecule has 0 spiro atoms. The van der Waals surface area contributed by atoms with Crippen LogP contribution in [0.15, 0.2) is 35.0 Å². The number of fused-ring (bicyclic) bond motifs is 1. The van der Waals surface area contributed by atoms with Crippen LogP contribution in [0, 0.1) is 0 Å². The van der Waals surface area contributed by atoms with Crippen LogP contribution in [0.4, 0.5) is 0 Å². The van der Waals surface area contributed by atoms with Gasteiger partial charge in [0.25, 0.3) is 0 Å². The Morgan fingerprint density at radius 1 is 1.33 bits per heavy atom. The first-order valence-corrected chi connectivity index (χ1v) is 7.29. The quantitative estimate of drug-likeness (QED) is 0.913. The first kappa shape index (κ1) is 11.8. The second-order valence-corrected chi connectivity index (χ2v) is 5.56. The number of ether oxygens (including phenoxy) is 1. The predicted octanol–water partition coefficient (Wildman–Crippen LogP) is 3.66. The summed E-state index contributed by atoms with van der Waals surface area (Å²) in [6, 6.07) is 8.61.